The molecule has 156 valence electrons. The minimum absolute atomic E-state index is 0.127. The Kier molecular flexibility index (Phi) is 6.82. The van der Waals surface area contributed by atoms with E-state index in [0.717, 1.165) is 44.5 Å². The van der Waals surface area contributed by atoms with E-state index in [9.17, 15) is 4.79 Å². The number of piperidine rings is 1. The van der Waals surface area contributed by atoms with Crippen molar-refractivity contribution >= 4 is 5.91 Å². The topological polar surface area (TPSA) is 75.9 Å². The van der Waals surface area contributed by atoms with E-state index in [2.05, 4.69) is 35.8 Å². The second-order valence-electron chi connectivity index (χ2n) is 7.81. The highest BCUT2D eigenvalue weighted by molar-refractivity contribution is 5.75. The van der Waals surface area contributed by atoms with Crippen LogP contribution in [0.15, 0.2) is 61.3 Å². The minimum Gasteiger partial charge on any atom is -0.352 e. The highest BCUT2D eigenvalue weighted by Crippen LogP contribution is 2.23. The largest absolute Gasteiger partial charge is 0.352 e. The van der Waals surface area contributed by atoms with Gasteiger partial charge in [0.05, 0.1) is 0 Å². The molecule has 7 nitrogen and oxygen atoms in total. The summed E-state index contributed by atoms with van der Waals surface area (Å²) in [6, 6.07) is 9.87. The molecule has 1 N–H and O–H groups in total. The van der Waals surface area contributed by atoms with Gasteiger partial charge in [0, 0.05) is 56.2 Å². The first-order valence-electron chi connectivity index (χ1n) is 10.6. The summed E-state index contributed by atoms with van der Waals surface area (Å²) in [7, 11) is 0. The summed E-state index contributed by atoms with van der Waals surface area (Å²) in [6.07, 6.45) is 12.9. The summed E-state index contributed by atoms with van der Waals surface area (Å²) < 4.78 is 2.05. The normalized spacial score (nSPS) is 15.2. The Bertz CT molecular complexity index is 919. The molecule has 0 radical (unpaired) electrons. The molecule has 0 spiro atoms. The third-order valence-electron chi connectivity index (χ3n) is 5.69. The Hall–Kier alpha value is -3.06. The van der Waals surface area contributed by atoms with Crippen LogP contribution in [0.2, 0.25) is 0 Å². The molecule has 1 aliphatic heterocycles. The van der Waals surface area contributed by atoms with Gasteiger partial charge in [-0.15, -0.1) is 0 Å². The molecule has 0 atom stereocenters. The molecule has 1 aliphatic rings. The number of likely N-dealkylation sites (tertiary alicyclic amines) is 1. The molecule has 4 heterocycles. The summed E-state index contributed by atoms with van der Waals surface area (Å²) in [4.78, 5) is 27.4. The number of pyridine rings is 1. The van der Waals surface area contributed by atoms with Crippen LogP contribution in [0, 0.1) is 5.92 Å². The van der Waals surface area contributed by atoms with E-state index in [-0.39, 0.29) is 5.91 Å². The van der Waals surface area contributed by atoms with Gasteiger partial charge in [0.15, 0.2) is 0 Å². The number of aromatic nitrogens is 4. The predicted molar refractivity (Wildman–Crippen MR) is 115 cm³/mol. The molecule has 3 aromatic heterocycles. The summed E-state index contributed by atoms with van der Waals surface area (Å²) in [6.45, 7) is 3.56. The molecule has 0 aliphatic carbocycles. The summed E-state index contributed by atoms with van der Waals surface area (Å²) in [5.74, 6) is 1.46. The Morgan fingerprint density at radius 1 is 1.07 bits per heavy atom. The quantitative estimate of drug-likeness (QED) is 0.625. The lowest BCUT2D eigenvalue weighted by atomic mass is 9.92. The lowest BCUT2D eigenvalue weighted by molar-refractivity contribution is -0.121. The number of hydrogen-bond donors (Lipinski definition) is 1. The second-order valence-corrected chi connectivity index (χ2v) is 7.81. The Balaban J connectivity index is 1.19. The fraction of sp³-hybridized carbons (Fsp3) is 0.391. The second kappa shape index (κ2) is 10.1. The molecular formula is C23H28N6O. The molecule has 3 aromatic rings. The molecule has 0 saturated carbocycles. The first kappa shape index (κ1) is 20.2. The Morgan fingerprint density at radius 2 is 1.90 bits per heavy atom. The molecule has 1 fully saturated rings. The van der Waals surface area contributed by atoms with E-state index in [1.807, 2.05) is 30.5 Å². The van der Waals surface area contributed by atoms with Gasteiger partial charge in [0.2, 0.25) is 11.9 Å². The van der Waals surface area contributed by atoms with E-state index in [4.69, 9.17) is 0 Å². The summed E-state index contributed by atoms with van der Waals surface area (Å²) in [5, 5.41) is 2.99. The minimum atomic E-state index is 0.127. The number of hydrogen-bond acceptors (Lipinski definition) is 5. The number of rotatable bonds is 8. The molecular weight excluding hydrogens is 376 g/mol. The maximum Gasteiger partial charge on any atom is 0.233 e. The summed E-state index contributed by atoms with van der Waals surface area (Å²) >= 11 is 0. The Labute approximate surface area is 177 Å². The van der Waals surface area contributed by atoms with Crippen molar-refractivity contribution < 1.29 is 4.79 Å². The van der Waals surface area contributed by atoms with Crippen molar-refractivity contribution in [2.75, 3.05) is 13.1 Å². The first-order chi connectivity index (χ1) is 14.8. The van der Waals surface area contributed by atoms with Crippen molar-refractivity contribution in [2.24, 2.45) is 5.92 Å². The van der Waals surface area contributed by atoms with E-state index < -0.39 is 0 Å². The van der Waals surface area contributed by atoms with Gasteiger partial charge in [0.1, 0.15) is 0 Å². The molecule has 1 amide bonds. The highest BCUT2D eigenvalue weighted by atomic mass is 16.1. The fourth-order valence-corrected chi connectivity index (χ4v) is 3.95. The van der Waals surface area contributed by atoms with Crippen LogP contribution in [0.4, 0.5) is 0 Å². The molecule has 30 heavy (non-hydrogen) atoms. The van der Waals surface area contributed by atoms with Crippen LogP contribution in [0.5, 0.6) is 0 Å². The zero-order chi connectivity index (χ0) is 20.6. The van der Waals surface area contributed by atoms with Gasteiger partial charge in [-0.1, -0.05) is 6.07 Å². The van der Waals surface area contributed by atoms with Crippen molar-refractivity contribution in [3.8, 4) is 5.95 Å². The number of amides is 1. The molecule has 4 rings (SSSR count). The number of nitrogens with one attached hydrogen (secondary N) is 1. The monoisotopic (exact) mass is 404 g/mol. The van der Waals surface area contributed by atoms with Gasteiger partial charge in [-0.25, -0.2) is 9.97 Å². The first-order valence-corrected chi connectivity index (χ1v) is 10.6. The molecule has 0 aromatic carbocycles. The third-order valence-corrected chi connectivity index (χ3v) is 5.69. The standard InChI is InChI=1S/C23H28N6O/c30-22(27-17-20-4-1-10-24-16-20)7-6-19-8-14-28(15-9-19)18-21-5-2-13-29(21)23-25-11-3-12-26-23/h1-5,10-13,16,19H,6-9,14-15,17-18H2,(H,27,30). The van der Waals surface area contributed by atoms with Gasteiger partial charge in [-0.05, 0) is 68.1 Å². The third kappa shape index (κ3) is 5.51. The van der Waals surface area contributed by atoms with Gasteiger partial charge in [0.25, 0.3) is 0 Å². The van der Waals surface area contributed by atoms with E-state index in [1.165, 1.54) is 5.69 Å². The lowest BCUT2D eigenvalue weighted by Crippen LogP contribution is -2.34. The average Bonchev–Trinajstić information content (AvgIpc) is 3.26. The van der Waals surface area contributed by atoms with Gasteiger partial charge in [-0.2, -0.15) is 0 Å². The lowest BCUT2D eigenvalue weighted by Gasteiger charge is -2.32. The number of carbonyl (C=O) groups excluding carboxylic acids is 1. The highest BCUT2D eigenvalue weighted by Gasteiger charge is 2.21. The molecule has 0 unspecified atom stereocenters. The van der Waals surface area contributed by atoms with Gasteiger partial charge >= 0.3 is 0 Å². The van der Waals surface area contributed by atoms with Crippen molar-refractivity contribution in [2.45, 2.75) is 38.8 Å². The maximum absolute atomic E-state index is 12.2. The van der Waals surface area contributed by atoms with Gasteiger partial charge in [-0.3, -0.25) is 19.2 Å². The predicted octanol–water partition coefficient (Wildman–Crippen LogP) is 2.97. The van der Waals surface area contributed by atoms with Crippen molar-refractivity contribution in [1.82, 2.24) is 29.7 Å². The van der Waals surface area contributed by atoms with Crippen LogP contribution >= 0.6 is 0 Å². The van der Waals surface area contributed by atoms with Crippen molar-refractivity contribution in [3.63, 3.8) is 0 Å². The molecule has 1 saturated heterocycles. The fourth-order valence-electron chi connectivity index (χ4n) is 3.95. The molecule has 0 bridgehead atoms. The summed E-state index contributed by atoms with van der Waals surface area (Å²) in [5.41, 5.74) is 2.24. The number of nitrogens with zero attached hydrogens (tertiary/aromatic N) is 5. The van der Waals surface area contributed by atoms with E-state index >= 15 is 0 Å². The zero-order valence-corrected chi connectivity index (χ0v) is 17.2. The van der Waals surface area contributed by atoms with E-state index in [0.29, 0.717) is 24.8 Å². The van der Waals surface area contributed by atoms with Crippen LogP contribution in [0.25, 0.3) is 5.95 Å². The number of carbonyl (C=O) groups is 1. The smallest absolute Gasteiger partial charge is 0.233 e. The Morgan fingerprint density at radius 3 is 2.67 bits per heavy atom. The zero-order valence-electron chi connectivity index (χ0n) is 17.2. The van der Waals surface area contributed by atoms with Crippen LogP contribution in [-0.4, -0.2) is 43.4 Å². The maximum atomic E-state index is 12.2. The SMILES string of the molecule is O=C(CCC1CCN(Cc2cccn2-c2ncccn2)CC1)NCc1cccnc1. The average molecular weight is 405 g/mol. The van der Waals surface area contributed by atoms with E-state index in [1.54, 1.807) is 24.8 Å². The van der Waals surface area contributed by atoms with Crippen LogP contribution in [0.1, 0.15) is 36.9 Å². The van der Waals surface area contributed by atoms with Gasteiger partial charge < -0.3 is 5.32 Å². The van der Waals surface area contributed by atoms with Crippen molar-refractivity contribution in [1.29, 1.82) is 0 Å². The van der Waals surface area contributed by atoms with Crippen LogP contribution in [0.3, 0.4) is 0 Å². The van der Waals surface area contributed by atoms with Crippen LogP contribution < -0.4 is 5.32 Å². The van der Waals surface area contributed by atoms with Crippen LogP contribution in [-0.2, 0) is 17.9 Å². The van der Waals surface area contributed by atoms with Crippen molar-refractivity contribution in [3.05, 3.63) is 72.6 Å². The molecule has 7 heteroatoms.